The minimum Gasteiger partial charge on any atom is -0.456 e. The van der Waals surface area contributed by atoms with Crippen molar-refractivity contribution in [2.75, 3.05) is 0 Å². The summed E-state index contributed by atoms with van der Waals surface area (Å²) in [5.41, 5.74) is -6.85. The number of furan rings is 1. The summed E-state index contributed by atoms with van der Waals surface area (Å²) in [4.78, 5) is 0. The molecule has 9 aromatic rings. The molecule has 45 heavy (non-hydrogen) atoms. The largest absolute Gasteiger partial charge is 0.456 e. The van der Waals surface area contributed by atoms with Gasteiger partial charge in [0.05, 0.1) is 37.0 Å². The van der Waals surface area contributed by atoms with Crippen molar-refractivity contribution in [2.24, 2.45) is 0 Å². The summed E-state index contributed by atoms with van der Waals surface area (Å²) >= 11 is 0. The first-order valence-corrected chi connectivity index (χ1v) is 13.2. The van der Waals surface area contributed by atoms with E-state index in [0.29, 0.717) is 0 Å². The highest BCUT2D eigenvalue weighted by Gasteiger charge is 2.21. The van der Waals surface area contributed by atoms with Crippen LogP contribution in [0.15, 0.2) is 174 Å². The first-order valence-electron chi connectivity index (χ1n) is 26.7. The maximum Gasteiger partial charge on any atom is 0.136 e. The van der Waals surface area contributed by atoms with Gasteiger partial charge in [0.25, 0.3) is 0 Å². The average molecular weight is 600 g/mol. The molecule has 8 aromatic carbocycles. The molecule has 0 amide bonds. The van der Waals surface area contributed by atoms with E-state index in [1.807, 2.05) is 0 Å². The van der Waals surface area contributed by atoms with E-state index in [-0.39, 0.29) is 0 Å². The van der Waals surface area contributed by atoms with Crippen molar-refractivity contribution in [3.8, 4) is 44.5 Å². The summed E-state index contributed by atoms with van der Waals surface area (Å²) in [6.07, 6.45) is 0. The molecular weight excluding hydrogens is 544 g/mol. The summed E-state index contributed by atoms with van der Waals surface area (Å²) < 4.78 is 247. The minimum absolute atomic E-state index is 0.476. The first kappa shape index (κ1) is 10.3. The lowest BCUT2D eigenvalue weighted by atomic mass is 9.83. The highest BCUT2D eigenvalue weighted by atomic mass is 16.3. The van der Waals surface area contributed by atoms with Crippen LogP contribution in [0.1, 0.15) is 37.0 Å². The Bertz CT molecular complexity index is 3920. The topological polar surface area (TPSA) is 13.1 Å². The lowest BCUT2D eigenvalue weighted by Gasteiger charge is -2.20. The van der Waals surface area contributed by atoms with Crippen molar-refractivity contribution >= 4 is 43.5 Å². The summed E-state index contributed by atoms with van der Waals surface area (Å²) in [6, 6.07) is -24.0. The molecule has 0 N–H and O–H groups in total. The van der Waals surface area contributed by atoms with Crippen LogP contribution in [0.3, 0.4) is 0 Å². The molecule has 1 heteroatoms. The van der Waals surface area contributed by atoms with Gasteiger partial charge in [-0.2, -0.15) is 0 Å². The second-order valence-corrected chi connectivity index (χ2v) is 9.59. The van der Waals surface area contributed by atoms with Gasteiger partial charge in [-0.25, -0.2) is 0 Å². The normalized spacial score (nSPS) is 20.0. The van der Waals surface area contributed by atoms with Gasteiger partial charge in [0.2, 0.25) is 0 Å². The van der Waals surface area contributed by atoms with Gasteiger partial charge < -0.3 is 4.42 Å². The third-order valence-electron chi connectivity index (χ3n) is 7.21. The molecule has 0 aliphatic heterocycles. The van der Waals surface area contributed by atoms with E-state index >= 15 is 0 Å². The van der Waals surface area contributed by atoms with Crippen molar-refractivity contribution in [3.63, 3.8) is 0 Å². The molecule has 0 spiro atoms. The Labute approximate surface area is 299 Å². The molecule has 210 valence electrons. The van der Waals surface area contributed by atoms with Crippen LogP contribution >= 0.6 is 0 Å². The van der Waals surface area contributed by atoms with E-state index in [1.54, 1.807) is 0 Å². The van der Waals surface area contributed by atoms with Crippen LogP contribution in [-0.2, 0) is 0 Å². The number of para-hydroxylation sites is 1. The maximum atomic E-state index is 9.51. The molecule has 1 nitrogen and oxygen atoms in total. The zero-order valence-electron chi connectivity index (χ0n) is 49.5. The lowest BCUT2D eigenvalue weighted by molar-refractivity contribution is 0.669. The van der Waals surface area contributed by atoms with Crippen LogP contribution < -0.4 is 0 Å². The highest BCUT2D eigenvalue weighted by Crippen LogP contribution is 2.48. The van der Waals surface area contributed by atoms with Gasteiger partial charge in [-0.1, -0.05) is 157 Å². The Balaban J connectivity index is 1.60. The molecule has 0 saturated carbocycles. The number of hydrogen-bond acceptors (Lipinski definition) is 1. The van der Waals surface area contributed by atoms with Gasteiger partial charge in [0.1, 0.15) is 11.2 Å². The van der Waals surface area contributed by atoms with Crippen LogP contribution in [0.4, 0.5) is 0 Å². The molecule has 1 aromatic heterocycles. The van der Waals surface area contributed by atoms with E-state index < -0.39 is 251 Å². The van der Waals surface area contributed by atoms with Gasteiger partial charge in [-0.15, -0.1) is 0 Å². The highest BCUT2D eigenvalue weighted by molar-refractivity contribution is 6.26. The molecule has 0 bridgehead atoms. The fraction of sp³-hybridized carbons (Fsp3) is 0. The van der Waals surface area contributed by atoms with Gasteiger partial charge in [-0.3, -0.25) is 0 Å². The van der Waals surface area contributed by atoms with Crippen LogP contribution in [0.5, 0.6) is 0 Å². The number of rotatable bonds is 4. The van der Waals surface area contributed by atoms with Crippen LogP contribution in [0, 0.1) is 0 Å². The molecular formula is C44H28O. The molecule has 0 radical (unpaired) electrons. The van der Waals surface area contributed by atoms with Crippen LogP contribution in [-0.4, -0.2) is 0 Å². The van der Waals surface area contributed by atoms with Crippen molar-refractivity contribution < 1.29 is 41.4 Å². The minimum atomic E-state index is -1.01. The molecule has 0 aliphatic rings. The standard InChI is InChI=1S/C44H28O/c1-2-13-29(14-3-1)30-25-27-31(28-26-30)32-15-4-5-16-33(32)42-34-17-6-8-19-36(34)43(37-20-9-7-18-35(37)42)39-22-12-24-41-44(39)38-21-10-11-23-40(38)45-41/h1-28H/i1D,2D,3D,4D,5D,6D,7D,8D,9D,10D,11D,12D,13D,14D,16D,17D,18D,19D,20D,21D,22D,23D,24D,25D,26D,27D,28D. The smallest absolute Gasteiger partial charge is 0.136 e. The van der Waals surface area contributed by atoms with Crippen LogP contribution in [0.2, 0.25) is 0 Å². The van der Waals surface area contributed by atoms with Crippen molar-refractivity contribution in [2.45, 2.75) is 0 Å². The molecule has 0 aliphatic carbocycles. The SMILES string of the molecule is [2H]c1cc(-c2c([2H])c([2H])c(-c3c([2H])c([2H])c([2H])c([2H])c3[2H])c([2H])c2[2H])c(-c2c3c([2H])c([2H])c([2H])c([2H])c3c(-c3c([2H])c([2H])c([2H])c4oc5c([2H])c([2H])c([2H])c([2H])c5c34)c3c([2H])c([2H])c([2H])c([2H])c23)c([2H])c1[2H]. The third-order valence-corrected chi connectivity index (χ3v) is 7.21. The van der Waals surface area contributed by atoms with Crippen molar-refractivity contribution in [3.05, 3.63) is 169 Å². The van der Waals surface area contributed by atoms with E-state index in [1.165, 1.54) is 0 Å². The fourth-order valence-electron chi connectivity index (χ4n) is 5.36. The van der Waals surface area contributed by atoms with E-state index in [0.717, 1.165) is 6.07 Å². The van der Waals surface area contributed by atoms with Crippen LogP contribution in [0.25, 0.3) is 88.0 Å². The molecule has 0 fully saturated rings. The second-order valence-electron chi connectivity index (χ2n) is 9.59. The quantitative estimate of drug-likeness (QED) is 0.183. The zero-order valence-corrected chi connectivity index (χ0v) is 22.5. The maximum absolute atomic E-state index is 9.51. The molecule has 9 rings (SSSR count). The average Bonchev–Trinajstić information content (AvgIpc) is 3.75. The molecule has 0 atom stereocenters. The number of benzene rings is 8. The summed E-state index contributed by atoms with van der Waals surface area (Å²) in [6.45, 7) is 0. The Morgan fingerprint density at radius 3 is 1.51 bits per heavy atom. The Morgan fingerprint density at radius 2 is 0.822 bits per heavy atom. The Morgan fingerprint density at radius 1 is 0.333 bits per heavy atom. The van der Waals surface area contributed by atoms with Gasteiger partial charge in [0.15, 0.2) is 0 Å². The monoisotopic (exact) mass is 599 g/mol. The molecule has 0 unspecified atom stereocenters. The predicted octanol–water partition coefficient (Wildman–Crippen LogP) is 12.6. The molecule has 1 heterocycles. The van der Waals surface area contributed by atoms with Crippen molar-refractivity contribution in [1.29, 1.82) is 0 Å². The third kappa shape index (κ3) is 4.09. The second kappa shape index (κ2) is 10.4. The number of hydrogen-bond donors (Lipinski definition) is 0. The Hall–Kier alpha value is -5.92. The molecule has 0 saturated heterocycles. The van der Waals surface area contributed by atoms with Gasteiger partial charge in [0, 0.05) is 10.8 Å². The summed E-state index contributed by atoms with van der Waals surface area (Å²) in [7, 11) is 0. The van der Waals surface area contributed by atoms with E-state index in [2.05, 4.69) is 0 Å². The van der Waals surface area contributed by atoms with E-state index in [4.69, 9.17) is 30.5 Å². The first-order chi connectivity index (χ1) is 33.6. The van der Waals surface area contributed by atoms with Gasteiger partial charge in [-0.05, 0) is 78.1 Å². The van der Waals surface area contributed by atoms with Crippen molar-refractivity contribution in [1.82, 2.24) is 0 Å². The van der Waals surface area contributed by atoms with Gasteiger partial charge >= 0.3 is 0 Å². The summed E-state index contributed by atoms with van der Waals surface area (Å²) in [5, 5.41) is -3.84. The zero-order chi connectivity index (χ0) is 53.2. The lowest BCUT2D eigenvalue weighted by Crippen LogP contribution is -1.93. The predicted molar refractivity (Wildman–Crippen MR) is 190 cm³/mol. The Kier molecular flexibility index (Phi) is 2.38. The summed E-state index contributed by atoms with van der Waals surface area (Å²) in [5.74, 6) is 0. The fourth-order valence-corrected chi connectivity index (χ4v) is 5.36. The number of fused-ring (bicyclic) bond motifs is 5. The van der Waals surface area contributed by atoms with E-state index in [9.17, 15) is 11.0 Å².